The molecule has 0 bridgehead atoms. The minimum absolute atomic E-state index is 0.615. The van der Waals surface area contributed by atoms with Crippen molar-refractivity contribution in [3.8, 4) is 17.9 Å². The van der Waals surface area contributed by atoms with Crippen molar-refractivity contribution in [2.45, 2.75) is 0 Å². The Hall–Kier alpha value is -2.33. The fourth-order valence-corrected chi connectivity index (χ4v) is 1.04. The smallest absolute Gasteiger partial charge is 0.182 e. The number of nitriles is 1. The van der Waals surface area contributed by atoms with Crippen LogP contribution in [-0.2, 0) is 0 Å². The Labute approximate surface area is 74.2 Å². The van der Waals surface area contributed by atoms with Crippen molar-refractivity contribution in [3.05, 3.63) is 24.0 Å². The van der Waals surface area contributed by atoms with Crippen molar-refractivity contribution in [2.24, 2.45) is 0 Å². The van der Waals surface area contributed by atoms with Gasteiger partial charge in [-0.2, -0.15) is 10.4 Å². The third-order valence-corrected chi connectivity index (χ3v) is 1.57. The van der Waals surface area contributed by atoms with Crippen LogP contribution in [0.4, 0.5) is 0 Å². The molecule has 0 saturated carbocycles. The summed E-state index contributed by atoms with van der Waals surface area (Å²) in [6, 6.07) is 5.40. The second-order valence-electron chi connectivity index (χ2n) is 2.33. The van der Waals surface area contributed by atoms with Crippen LogP contribution >= 0.6 is 0 Å². The van der Waals surface area contributed by atoms with Gasteiger partial charge in [-0.3, -0.25) is 5.10 Å². The van der Waals surface area contributed by atoms with Crippen LogP contribution in [0.1, 0.15) is 5.69 Å². The monoisotopic (exact) mass is 168 g/mol. The Kier molecular flexibility index (Phi) is 1.67. The minimum Gasteiger partial charge on any atom is -0.267 e. The maximum atomic E-state index is 8.26. The molecule has 0 aliphatic rings. The van der Waals surface area contributed by atoms with Gasteiger partial charge in [-0.1, -0.05) is 0 Å². The van der Waals surface area contributed by atoms with Crippen LogP contribution in [0.5, 0.6) is 0 Å². The van der Waals surface area contributed by atoms with Crippen molar-refractivity contribution in [3.63, 3.8) is 0 Å². The van der Waals surface area contributed by atoms with E-state index in [2.05, 4.69) is 27.0 Å². The number of rotatable bonds is 0. The summed E-state index contributed by atoms with van der Waals surface area (Å²) >= 11 is 0. The van der Waals surface area contributed by atoms with Crippen LogP contribution in [-0.4, -0.2) is 15.2 Å². The quantitative estimate of drug-likeness (QED) is 0.592. The molecule has 2 aromatic heterocycles. The van der Waals surface area contributed by atoms with E-state index in [4.69, 9.17) is 5.26 Å². The molecule has 2 heterocycles. The van der Waals surface area contributed by atoms with Gasteiger partial charge in [-0.25, -0.2) is 4.98 Å². The topological polar surface area (TPSA) is 65.4 Å². The van der Waals surface area contributed by atoms with Gasteiger partial charge in [0.2, 0.25) is 0 Å². The molecule has 0 spiro atoms. The molecule has 0 saturated heterocycles. The van der Waals surface area contributed by atoms with E-state index in [-0.39, 0.29) is 0 Å². The van der Waals surface area contributed by atoms with Crippen LogP contribution in [0.25, 0.3) is 11.0 Å². The molecule has 0 atom stereocenters. The number of hydrogen-bond acceptors (Lipinski definition) is 3. The van der Waals surface area contributed by atoms with Gasteiger partial charge in [-0.05, 0) is 18.1 Å². The second-order valence-corrected chi connectivity index (χ2v) is 2.33. The highest BCUT2D eigenvalue weighted by Gasteiger charge is 2.01. The Morgan fingerprint density at radius 1 is 1.46 bits per heavy atom. The van der Waals surface area contributed by atoms with Gasteiger partial charge in [0.25, 0.3) is 0 Å². The van der Waals surface area contributed by atoms with E-state index in [1.807, 2.05) is 6.07 Å². The van der Waals surface area contributed by atoms with Crippen molar-refractivity contribution in [2.75, 3.05) is 0 Å². The zero-order valence-electron chi connectivity index (χ0n) is 6.57. The summed E-state index contributed by atoms with van der Waals surface area (Å²) in [5.41, 5.74) is 1.24. The lowest BCUT2D eigenvalue weighted by Crippen LogP contribution is -1.73. The van der Waals surface area contributed by atoms with Crippen LogP contribution in [0.15, 0.2) is 18.3 Å². The highest BCUT2D eigenvalue weighted by atomic mass is 15.1. The van der Waals surface area contributed by atoms with Gasteiger partial charge in [0, 0.05) is 12.1 Å². The second kappa shape index (κ2) is 2.96. The first-order valence-electron chi connectivity index (χ1n) is 3.61. The number of H-pyrrole nitrogens is 1. The van der Waals surface area contributed by atoms with E-state index in [9.17, 15) is 0 Å². The van der Waals surface area contributed by atoms with Crippen LogP contribution < -0.4 is 0 Å². The molecule has 0 radical (unpaired) electrons. The molecular formula is C9H4N4. The Morgan fingerprint density at radius 3 is 3.23 bits per heavy atom. The standard InChI is InChI=1S/C9H4N4/c10-5-1-4-8-7-3-2-6-11-9(7)13-12-8/h2-3,6H,(H,11,12,13). The van der Waals surface area contributed by atoms with Crippen molar-refractivity contribution >= 4 is 11.0 Å². The van der Waals surface area contributed by atoms with Gasteiger partial charge in [-0.15, -0.1) is 0 Å². The Morgan fingerprint density at radius 2 is 2.38 bits per heavy atom. The fourth-order valence-electron chi connectivity index (χ4n) is 1.04. The summed E-state index contributed by atoms with van der Waals surface area (Å²) < 4.78 is 0. The number of aromatic amines is 1. The maximum absolute atomic E-state index is 8.26. The molecule has 60 valence electrons. The molecule has 0 unspecified atom stereocenters. The average Bonchev–Trinajstić information content (AvgIpc) is 2.58. The predicted octanol–water partition coefficient (Wildman–Crippen LogP) is 0.833. The summed E-state index contributed by atoms with van der Waals surface area (Å²) in [6.07, 6.45) is 1.66. The van der Waals surface area contributed by atoms with Crippen molar-refractivity contribution in [1.29, 1.82) is 5.26 Å². The third kappa shape index (κ3) is 1.21. The average molecular weight is 168 g/mol. The zero-order valence-corrected chi connectivity index (χ0v) is 6.57. The number of hydrogen-bond donors (Lipinski definition) is 1. The minimum atomic E-state index is 0.615. The van der Waals surface area contributed by atoms with Gasteiger partial charge in [0.05, 0.1) is 5.39 Å². The molecule has 1 N–H and O–H groups in total. The first-order valence-corrected chi connectivity index (χ1v) is 3.61. The number of nitrogens with zero attached hydrogens (tertiary/aromatic N) is 3. The molecule has 2 rings (SSSR count). The molecular weight excluding hydrogens is 164 g/mol. The first-order chi connectivity index (χ1) is 6.42. The Bertz CT molecular complexity index is 536. The van der Waals surface area contributed by atoms with Crippen LogP contribution in [0, 0.1) is 23.2 Å². The SMILES string of the molecule is N#CC#Cc1[nH]nc2ncccc12. The normalized spacial score (nSPS) is 8.85. The molecule has 4 heteroatoms. The summed E-state index contributed by atoms with van der Waals surface area (Å²) in [6.45, 7) is 0. The zero-order chi connectivity index (χ0) is 9.10. The maximum Gasteiger partial charge on any atom is 0.182 e. The molecule has 0 aliphatic heterocycles. The number of nitrogens with one attached hydrogen (secondary N) is 1. The van der Waals surface area contributed by atoms with Gasteiger partial charge < -0.3 is 0 Å². The summed E-state index contributed by atoms with van der Waals surface area (Å²) in [5.74, 6) is 4.95. The molecule has 13 heavy (non-hydrogen) atoms. The van der Waals surface area contributed by atoms with E-state index in [1.54, 1.807) is 18.3 Å². The fraction of sp³-hybridized carbons (Fsp3) is 0. The van der Waals surface area contributed by atoms with E-state index >= 15 is 0 Å². The van der Waals surface area contributed by atoms with E-state index in [0.29, 0.717) is 11.3 Å². The molecule has 2 aromatic rings. The molecule has 0 aromatic carbocycles. The highest BCUT2D eigenvalue weighted by Crippen LogP contribution is 2.10. The molecule has 0 aliphatic carbocycles. The van der Waals surface area contributed by atoms with Gasteiger partial charge in [0.1, 0.15) is 5.69 Å². The van der Waals surface area contributed by atoms with Crippen molar-refractivity contribution in [1.82, 2.24) is 15.2 Å². The van der Waals surface area contributed by atoms with Gasteiger partial charge >= 0.3 is 0 Å². The summed E-state index contributed by atoms with van der Waals surface area (Å²) in [7, 11) is 0. The molecule has 0 amide bonds. The summed E-state index contributed by atoms with van der Waals surface area (Å²) in [5, 5.41) is 15.7. The first kappa shape index (κ1) is 7.33. The summed E-state index contributed by atoms with van der Waals surface area (Å²) in [4.78, 5) is 4.02. The molecule has 0 fully saturated rings. The lowest BCUT2D eigenvalue weighted by molar-refractivity contribution is 1.08. The van der Waals surface area contributed by atoms with Gasteiger partial charge in [0.15, 0.2) is 11.7 Å². The number of pyridine rings is 1. The number of aromatic nitrogens is 3. The lowest BCUT2D eigenvalue weighted by atomic mass is 10.3. The highest BCUT2D eigenvalue weighted by molar-refractivity contribution is 5.80. The largest absolute Gasteiger partial charge is 0.267 e. The third-order valence-electron chi connectivity index (χ3n) is 1.57. The number of fused-ring (bicyclic) bond motifs is 1. The van der Waals surface area contributed by atoms with Crippen LogP contribution in [0.3, 0.4) is 0 Å². The van der Waals surface area contributed by atoms with Crippen molar-refractivity contribution < 1.29 is 0 Å². The Balaban J connectivity index is 2.66. The van der Waals surface area contributed by atoms with E-state index in [0.717, 1.165) is 5.39 Å². The lowest BCUT2D eigenvalue weighted by Gasteiger charge is -1.83. The molecule has 4 nitrogen and oxygen atoms in total. The van der Waals surface area contributed by atoms with E-state index in [1.165, 1.54) is 0 Å². The van der Waals surface area contributed by atoms with E-state index < -0.39 is 0 Å². The van der Waals surface area contributed by atoms with Crippen LogP contribution in [0.2, 0.25) is 0 Å². The predicted molar refractivity (Wildman–Crippen MR) is 46.4 cm³/mol.